The maximum absolute atomic E-state index is 11.1. The van der Waals surface area contributed by atoms with Gasteiger partial charge < -0.3 is 10.4 Å². The van der Waals surface area contributed by atoms with E-state index < -0.39 is 5.97 Å². The molecular weight excluding hydrogens is 250 g/mol. The van der Waals surface area contributed by atoms with E-state index in [9.17, 15) is 9.90 Å². The van der Waals surface area contributed by atoms with Crippen LogP contribution in [-0.4, -0.2) is 23.2 Å². The Balaban J connectivity index is 1.76. The van der Waals surface area contributed by atoms with Gasteiger partial charge in [0.15, 0.2) is 0 Å². The van der Waals surface area contributed by atoms with Gasteiger partial charge in [0.2, 0.25) is 0 Å². The fourth-order valence-electron chi connectivity index (χ4n) is 4.14. The molecule has 4 atom stereocenters. The van der Waals surface area contributed by atoms with Crippen LogP contribution in [-0.2, 0) is 4.79 Å². The molecule has 116 valence electrons. The number of carboxylic acid groups (broad SMARTS) is 1. The van der Waals surface area contributed by atoms with Crippen molar-refractivity contribution in [2.45, 2.75) is 89.6 Å². The first kappa shape index (κ1) is 15.8. The fraction of sp³-hybridized carbons (Fsp3) is 0.941. The molecule has 0 saturated heterocycles. The molecule has 0 aliphatic heterocycles. The smallest absolute Gasteiger partial charge is 0.306 e. The number of carboxylic acids is 1. The second kappa shape index (κ2) is 8.02. The zero-order chi connectivity index (χ0) is 14.4. The zero-order valence-electron chi connectivity index (χ0n) is 12.9. The van der Waals surface area contributed by atoms with Crippen molar-refractivity contribution in [2.75, 3.05) is 0 Å². The van der Waals surface area contributed by atoms with Crippen molar-refractivity contribution < 1.29 is 9.90 Å². The van der Waals surface area contributed by atoms with Crippen LogP contribution in [0, 0.1) is 11.8 Å². The maximum Gasteiger partial charge on any atom is 0.306 e. The highest BCUT2D eigenvalue weighted by atomic mass is 16.4. The lowest BCUT2D eigenvalue weighted by Crippen LogP contribution is -2.42. The molecule has 2 saturated carbocycles. The molecule has 2 rings (SSSR count). The normalized spacial score (nSPS) is 35.5. The molecule has 3 heteroatoms. The third kappa shape index (κ3) is 4.76. The van der Waals surface area contributed by atoms with Crippen molar-refractivity contribution in [1.82, 2.24) is 5.32 Å². The topological polar surface area (TPSA) is 49.3 Å². The number of hydrogen-bond donors (Lipinski definition) is 2. The summed E-state index contributed by atoms with van der Waals surface area (Å²) in [6.45, 7) is 2.29. The number of aliphatic carboxylic acids is 1. The second-order valence-corrected chi connectivity index (χ2v) is 6.93. The number of hydrogen-bond acceptors (Lipinski definition) is 2. The minimum Gasteiger partial charge on any atom is -0.481 e. The predicted octanol–water partition coefficient (Wildman–Crippen LogP) is 3.97. The van der Waals surface area contributed by atoms with Gasteiger partial charge in [-0.15, -0.1) is 0 Å². The lowest BCUT2D eigenvalue weighted by Gasteiger charge is -2.31. The van der Waals surface area contributed by atoms with Gasteiger partial charge in [-0.25, -0.2) is 0 Å². The summed E-state index contributed by atoms with van der Waals surface area (Å²) in [5.41, 5.74) is 0. The molecule has 2 N–H and O–H groups in total. The van der Waals surface area contributed by atoms with Gasteiger partial charge in [0, 0.05) is 12.1 Å². The minimum atomic E-state index is -0.597. The maximum atomic E-state index is 11.1. The second-order valence-electron chi connectivity index (χ2n) is 6.93. The Morgan fingerprint density at radius 3 is 2.55 bits per heavy atom. The first-order valence-electron chi connectivity index (χ1n) is 8.68. The summed E-state index contributed by atoms with van der Waals surface area (Å²) < 4.78 is 0. The summed E-state index contributed by atoms with van der Waals surface area (Å²) in [6, 6.07) is 1.08. The average molecular weight is 281 g/mol. The van der Waals surface area contributed by atoms with Crippen LogP contribution in [0.15, 0.2) is 0 Å². The molecule has 0 aromatic carbocycles. The predicted molar refractivity (Wildman–Crippen MR) is 81.8 cm³/mol. The molecule has 0 heterocycles. The molecule has 2 aliphatic carbocycles. The number of nitrogens with one attached hydrogen (secondary N) is 1. The first-order chi connectivity index (χ1) is 9.69. The molecule has 3 nitrogen and oxygen atoms in total. The van der Waals surface area contributed by atoms with Crippen molar-refractivity contribution >= 4 is 5.97 Å². The number of rotatable bonds is 5. The lowest BCUT2D eigenvalue weighted by molar-refractivity contribution is -0.143. The third-order valence-corrected chi connectivity index (χ3v) is 5.28. The molecular formula is C17H31NO2. The summed E-state index contributed by atoms with van der Waals surface area (Å²) in [4.78, 5) is 11.1. The van der Waals surface area contributed by atoms with Gasteiger partial charge in [-0.1, -0.05) is 39.0 Å². The summed E-state index contributed by atoms with van der Waals surface area (Å²) in [7, 11) is 0. The summed E-state index contributed by atoms with van der Waals surface area (Å²) >= 11 is 0. The Bertz CT molecular complexity index is 305. The van der Waals surface area contributed by atoms with Crippen LogP contribution in [0.5, 0.6) is 0 Å². The van der Waals surface area contributed by atoms with E-state index in [4.69, 9.17) is 0 Å². The molecule has 0 amide bonds. The molecule has 0 bridgehead atoms. The summed E-state index contributed by atoms with van der Waals surface area (Å²) in [6.07, 6.45) is 13.3. The van der Waals surface area contributed by atoms with Crippen LogP contribution in [0.25, 0.3) is 0 Å². The summed E-state index contributed by atoms with van der Waals surface area (Å²) in [5.74, 6) is 0.227. The Labute approximate surface area is 123 Å². The molecule has 0 spiro atoms. The standard InChI is InChI=1S/C17H31NO2/c1-2-5-13-6-3-8-15(11-10-13)18-16-9-4-7-14(12-16)17(19)20/h13-16,18H,2-12H2,1H3,(H,19,20). The van der Waals surface area contributed by atoms with E-state index in [2.05, 4.69) is 12.2 Å². The van der Waals surface area contributed by atoms with Gasteiger partial charge in [-0.05, 0) is 44.4 Å². The van der Waals surface area contributed by atoms with Crippen molar-refractivity contribution in [3.05, 3.63) is 0 Å². The van der Waals surface area contributed by atoms with Crippen molar-refractivity contribution in [3.8, 4) is 0 Å². The fourth-order valence-corrected chi connectivity index (χ4v) is 4.14. The largest absolute Gasteiger partial charge is 0.481 e. The average Bonchev–Trinajstić information content (AvgIpc) is 2.65. The Kier molecular flexibility index (Phi) is 6.34. The molecule has 2 aliphatic rings. The number of carbonyl (C=O) groups is 1. The first-order valence-corrected chi connectivity index (χ1v) is 8.68. The Morgan fingerprint density at radius 2 is 1.80 bits per heavy atom. The van der Waals surface area contributed by atoms with Crippen LogP contribution in [0.3, 0.4) is 0 Å². The van der Waals surface area contributed by atoms with E-state index in [1.54, 1.807) is 0 Å². The highest BCUT2D eigenvalue weighted by molar-refractivity contribution is 5.70. The van der Waals surface area contributed by atoms with E-state index in [1.165, 1.54) is 51.4 Å². The quantitative estimate of drug-likeness (QED) is 0.750. The van der Waals surface area contributed by atoms with Gasteiger partial charge >= 0.3 is 5.97 Å². The van der Waals surface area contributed by atoms with Gasteiger partial charge in [0.1, 0.15) is 0 Å². The lowest BCUT2D eigenvalue weighted by atomic mass is 9.85. The molecule has 0 radical (unpaired) electrons. The van der Waals surface area contributed by atoms with Crippen molar-refractivity contribution in [2.24, 2.45) is 11.8 Å². The minimum absolute atomic E-state index is 0.111. The SMILES string of the molecule is CCCC1CCCC(NC2CCCC(C(=O)O)C2)CC1. The molecule has 2 fully saturated rings. The van der Waals surface area contributed by atoms with Crippen LogP contribution in [0.2, 0.25) is 0 Å². The van der Waals surface area contributed by atoms with Gasteiger partial charge in [0.05, 0.1) is 5.92 Å². The van der Waals surface area contributed by atoms with Gasteiger partial charge in [-0.2, -0.15) is 0 Å². The van der Waals surface area contributed by atoms with Crippen LogP contribution < -0.4 is 5.32 Å². The van der Waals surface area contributed by atoms with Crippen LogP contribution >= 0.6 is 0 Å². The Hall–Kier alpha value is -0.570. The van der Waals surface area contributed by atoms with E-state index in [1.807, 2.05) is 0 Å². The van der Waals surface area contributed by atoms with Crippen molar-refractivity contribution in [1.29, 1.82) is 0 Å². The van der Waals surface area contributed by atoms with Crippen LogP contribution in [0.4, 0.5) is 0 Å². The summed E-state index contributed by atoms with van der Waals surface area (Å²) in [5, 5.41) is 13.0. The molecule has 0 aromatic rings. The molecule has 0 aromatic heterocycles. The Morgan fingerprint density at radius 1 is 1.05 bits per heavy atom. The van der Waals surface area contributed by atoms with Gasteiger partial charge in [0.25, 0.3) is 0 Å². The van der Waals surface area contributed by atoms with E-state index in [0.717, 1.165) is 25.2 Å². The monoisotopic (exact) mass is 281 g/mol. The van der Waals surface area contributed by atoms with E-state index in [0.29, 0.717) is 12.1 Å². The van der Waals surface area contributed by atoms with Crippen molar-refractivity contribution in [3.63, 3.8) is 0 Å². The zero-order valence-corrected chi connectivity index (χ0v) is 12.9. The van der Waals surface area contributed by atoms with Crippen LogP contribution in [0.1, 0.15) is 77.6 Å². The highest BCUT2D eigenvalue weighted by Crippen LogP contribution is 2.29. The highest BCUT2D eigenvalue weighted by Gasteiger charge is 2.28. The molecule has 20 heavy (non-hydrogen) atoms. The molecule has 4 unspecified atom stereocenters. The van der Waals surface area contributed by atoms with E-state index in [-0.39, 0.29) is 5.92 Å². The van der Waals surface area contributed by atoms with Gasteiger partial charge in [-0.3, -0.25) is 4.79 Å². The van der Waals surface area contributed by atoms with E-state index >= 15 is 0 Å². The third-order valence-electron chi connectivity index (χ3n) is 5.28.